The molecule has 0 N–H and O–H groups in total. The molecule has 1 aliphatic carbocycles. The zero-order chi connectivity index (χ0) is 14.5. The molecule has 20 heavy (non-hydrogen) atoms. The smallest absolute Gasteiger partial charge is 0.308 e. The molecule has 0 bridgehead atoms. The number of benzene rings is 2. The molecule has 0 radical (unpaired) electrons. The maximum Gasteiger partial charge on any atom is 0.308 e. The molecule has 0 fully saturated rings. The third-order valence-corrected chi connectivity index (χ3v) is 4.36. The van der Waals surface area contributed by atoms with Crippen molar-refractivity contribution >= 4 is 21.9 Å². The summed E-state index contributed by atoms with van der Waals surface area (Å²) in [7, 11) is 0. The average Bonchev–Trinajstić information content (AvgIpc) is 2.58. The standard InChI is InChI=1S/C17H15BrO2/c1-10(19)20-12-5-7-14-13-6-4-11(18)8-15(13)17(2,3)16(14)9-12/h4-9H,1-3H3. The van der Waals surface area contributed by atoms with Crippen LogP contribution < -0.4 is 4.74 Å². The summed E-state index contributed by atoms with van der Waals surface area (Å²) in [4.78, 5) is 11.1. The minimum absolute atomic E-state index is 0.0927. The third kappa shape index (κ3) is 1.97. The largest absolute Gasteiger partial charge is 0.427 e. The normalized spacial score (nSPS) is 14.6. The van der Waals surface area contributed by atoms with Crippen molar-refractivity contribution in [2.24, 2.45) is 0 Å². The van der Waals surface area contributed by atoms with Gasteiger partial charge in [-0.2, -0.15) is 0 Å². The van der Waals surface area contributed by atoms with E-state index in [1.165, 1.54) is 29.2 Å². The van der Waals surface area contributed by atoms with Crippen LogP contribution in [0.25, 0.3) is 11.1 Å². The molecule has 0 atom stereocenters. The van der Waals surface area contributed by atoms with Crippen LogP contribution in [0.2, 0.25) is 0 Å². The summed E-state index contributed by atoms with van der Waals surface area (Å²) >= 11 is 3.54. The van der Waals surface area contributed by atoms with Gasteiger partial charge in [-0.15, -0.1) is 0 Å². The molecule has 0 saturated heterocycles. The number of hydrogen-bond donors (Lipinski definition) is 0. The first-order valence-corrected chi connectivity index (χ1v) is 7.32. The van der Waals surface area contributed by atoms with Gasteiger partial charge >= 0.3 is 5.97 Å². The second-order valence-corrected chi connectivity index (χ2v) is 6.53. The number of ether oxygens (including phenoxy) is 1. The van der Waals surface area contributed by atoms with Crippen LogP contribution in [-0.4, -0.2) is 5.97 Å². The number of esters is 1. The highest BCUT2D eigenvalue weighted by molar-refractivity contribution is 9.10. The summed E-state index contributed by atoms with van der Waals surface area (Å²) in [6.07, 6.45) is 0. The Balaban J connectivity index is 2.19. The zero-order valence-electron chi connectivity index (χ0n) is 11.7. The van der Waals surface area contributed by atoms with Gasteiger partial charge < -0.3 is 4.74 Å². The number of carbonyl (C=O) groups is 1. The van der Waals surface area contributed by atoms with E-state index in [0.717, 1.165) is 4.47 Å². The van der Waals surface area contributed by atoms with E-state index < -0.39 is 0 Å². The van der Waals surface area contributed by atoms with E-state index in [0.29, 0.717) is 5.75 Å². The summed E-state index contributed by atoms with van der Waals surface area (Å²) < 4.78 is 6.29. The molecule has 1 aliphatic rings. The SMILES string of the molecule is CC(=O)Oc1ccc2c(c1)C(C)(C)c1cc(Br)ccc1-2. The number of rotatable bonds is 1. The summed E-state index contributed by atoms with van der Waals surface area (Å²) in [5.74, 6) is 0.317. The fourth-order valence-electron chi connectivity index (χ4n) is 2.92. The van der Waals surface area contributed by atoms with E-state index in [9.17, 15) is 4.79 Å². The Kier molecular flexibility index (Phi) is 2.98. The molecular weight excluding hydrogens is 316 g/mol. The molecule has 0 amide bonds. The topological polar surface area (TPSA) is 26.3 Å². The zero-order valence-corrected chi connectivity index (χ0v) is 13.2. The van der Waals surface area contributed by atoms with Gasteiger partial charge in [0.15, 0.2) is 0 Å². The molecular formula is C17H15BrO2. The van der Waals surface area contributed by atoms with Crippen molar-refractivity contribution in [2.75, 3.05) is 0 Å². The summed E-state index contributed by atoms with van der Waals surface area (Å²) in [6.45, 7) is 5.81. The second-order valence-electron chi connectivity index (χ2n) is 5.62. The van der Waals surface area contributed by atoms with Crippen molar-refractivity contribution in [1.82, 2.24) is 0 Å². The molecule has 102 valence electrons. The van der Waals surface area contributed by atoms with Crippen LogP contribution in [-0.2, 0) is 10.2 Å². The lowest BCUT2D eigenvalue weighted by atomic mass is 9.82. The third-order valence-electron chi connectivity index (χ3n) is 3.87. The Morgan fingerprint density at radius 1 is 1.05 bits per heavy atom. The van der Waals surface area contributed by atoms with Gasteiger partial charge in [-0.1, -0.05) is 41.9 Å². The fraction of sp³-hybridized carbons (Fsp3) is 0.235. The van der Waals surface area contributed by atoms with E-state index in [-0.39, 0.29) is 11.4 Å². The average molecular weight is 331 g/mol. The monoisotopic (exact) mass is 330 g/mol. The lowest BCUT2D eigenvalue weighted by molar-refractivity contribution is -0.131. The summed E-state index contributed by atoms with van der Waals surface area (Å²) in [5.41, 5.74) is 4.87. The number of halogens is 1. The molecule has 0 aromatic heterocycles. The first-order chi connectivity index (χ1) is 9.39. The van der Waals surface area contributed by atoms with Crippen molar-refractivity contribution in [1.29, 1.82) is 0 Å². The predicted molar refractivity (Wildman–Crippen MR) is 83.0 cm³/mol. The van der Waals surface area contributed by atoms with Gasteiger partial charge in [-0.3, -0.25) is 4.79 Å². The Morgan fingerprint density at radius 3 is 2.30 bits per heavy atom. The maximum atomic E-state index is 11.1. The van der Waals surface area contributed by atoms with Crippen molar-refractivity contribution in [2.45, 2.75) is 26.2 Å². The Morgan fingerprint density at radius 2 is 1.65 bits per heavy atom. The van der Waals surface area contributed by atoms with Crippen molar-refractivity contribution in [3.8, 4) is 16.9 Å². The Hall–Kier alpha value is -1.61. The van der Waals surface area contributed by atoms with E-state index in [4.69, 9.17) is 4.74 Å². The van der Waals surface area contributed by atoms with Crippen LogP contribution in [0.5, 0.6) is 5.75 Å². The van der Waals surface area contributed by atoms with Gasteiger partial charge in [-0.25, -0.2) is 0 Å². The molecule has 3 heteroatoms. The highest BCUT2D eigenvalue weighted by Gasteiger charge is 2.35. The molecule has 2 aromatic carbocycles. The predicted octanol–water partition coefficient (Wildman–Crippen LogP) is 4.68. The molecule has 0 unspecified atom stereocenters. The van der Waals surface area contributed by atoms with Gasteiger partial charge in [0, 0.05) is 16.8 Å². The van der Waals surface area contributed by atoms with Crippen LogP contribution in [0.15, 0.2) is 40.9 Å². The number of carbonyl (C=O) groups excluding carboxylic acids is 1. The minimum atomic E-state index is -0.291. The van der Waals surface area contributed by atoms with Gasteiger partial charge in [0.05, 0.1) is 0 Å². The van der Waals surface area contributed by atoms with Gasteiger partial charge in [0.2, 0.25) is 0 Å². The fourth-order valence-corrected chi connectivity index (χ4v) is 3.28. The van der Waals surface area contributed by atoms with Gasteiger partial charge in [0.1, 0.15) is 5.75 Å². The minimum Gasteiger partial charge on any atom is -0.427 e. The van der Waals surface area contributed by atoms with Crippen molar-refractivity contribution < 1.29 is 9.53 Å². The molecule has 3 rings (SSSR count). The molecule has 2 nitrogen and oxygen atoms in total. The Labute approximate surface area is 126 Å². The van der Waals surface area contributed by atoms with Crippen molar-refractivity contribution in [3.63, 3.8) is 0 Å². The molecule has 0 aliphatic heterocycles. The first-order valence-electron chi connectivity index (χ1n) is 6.53. The quantitative estimate of drug-likeness (QED) is 0.560. The Bertz CT molecular complexity index is 717. The highest BCUT2D eigenvalue weighted by Crippen LogP contribution is 2.50. The van der Waals surface area contributed by atoms with Gasteiger partial charge in [0.25, 0.3) is 0 Å². The lowest BCUT2D eigenvalue weighted by Crippen LogP contribution is -2.15. The van der Waals surface area contributed by atoms with Crippen LogP contribution in [0.4, 0.5) is 0 Å². The van der Waals surface area contributed by atoms with Gasteiger partial charge in [-0.05, 0) is 46.5 Å². The second kappa shape index (κ2) is 4.45. The van der Waals surface area contributed by atoms with E-state index in [1.54, 1.807) is 0 Å². The molecule has 0 heterocycles. The van der Waals surface area contributed by atoms with E-state index in [2.05, 4.69) is 48.0 Å². The van der Waals surface area contributed by atoms with Crippen molar-refractivity contribution in [3.05, 3.63) is 52.0 Å². The summed E-state index contributed by atoms with van der Waals surface area (Å²) in [6, 6.07) is 12.2. The van der Waals surface area contributed by atoms with E-state index >= 15 is 0 Å². The summed E-state index contributed by atoms with van der Waals surface area (Å²) in [5, 5.41) is 0. The van der Waals surface area contributed by atoms with Crippen LogP contribution in [0.1, 0.15) is 31.9 Å². The maximum absolute atomic E-state index is 11.1. The lowest BCUT2D eigenvalue weighted by Gasteiger charge is -2.21. The van der Waals surface area contributed by atoms with Crippen LogP contribution in [0.3, 0.4) is 0 Å². The molecule has 0 spiro atoms. The van der Waals surface area contributed by atoms with Crippen LogP contribution >= 0.6 is 15.9 Å². The number of hydrogen-bond acceptors (Lipinski definition) is 2. The molecule has 0 saturated carbocycles. The first kappa shape index (κ1) is 13.4. The highest BCUT2D eigenvalue weighted by atomic mass is 79.9. The van der Waals surface area contributed by atoms with E-state index in [1.807, 2.05) is 18.2 Å². The van der Waals surface area contributed by atoms with Crippen LogP contribution in [0, 0.1) is 0 Å². The number of fused-ring (bicyclic) bond motifs is 3. The molecule has 2 aromatic rings.